The molecule has 0 amide bonds. The first-order valence-corrected chi connectivity index (χ1v) is 5.69. The Morgan fingerprint density at radius 1 is 1.44 bits per heavy atom. The molecule has 1 aromatic carbocycles. The second-order valence-electron chi connectivity index (χ2n) is 4.11. The minimum Gasteiger partial charge on any atom is -0.469 e. The average molecular weight is 219 g/mol. The molecule has 0 aliphatic carbocycles. The molecule has 0 radical (unpaired) electrons. The van der Waals surface area contributed by atoms with Gasteiger partial charge in [-0.15, -0.1) is 0 Å². The lowest BCUT2D eigenvalue weighted by atomic mass is 9.90. The van der Waals surface area contributed by atoms with Gasteiger partial charge in [0.15, 0.2) is 0 Å². The van der Waals surface area contributed by atoms with Gasteiger partial charge in [-0.25, -0.2) is 0 Å². The Hall–Kier alpha value is -1.35. The molecule has 1 heterocycles. The van der Waals surface area contributed by atoms with Crippen LogP contribution in [0.25, 0.3) is 0 Å². The van der Waals surface area contributed by atoms with Crippen molar-refractivity contribution in [3.8, 4) is 0 Å². The van der Waals surface area contributed by atoms with Crippen LogP contribution in [0.1, 0.15) is 24.3 Å². The molecule has 1 saturated heterocycles. The highest BCUT2D eigenvalue weighted by Gasteiger charge is 2.32. The van der Waals surface area contributed by atoms with Gasteiger partial charge in [-0.2, -0.15) is 0 Å². The zero-order valence-corrected chi connectivity index (χ0v) is 9.48. The molecule has 3 heteroatoms. The van der Waals surface area contributed by atoms with Gasteiger partial charge in [0.25, 0.3) is 0 Å². The summed E-state index contributed by atoms with van der Waals surface area (Å²) >= 11 is 0. The summed E-state index contributed by atoms with van der Waals surface area (Å²) in [6.45, 7) is 0.991. The van der Waals surface area contributed by atoms with Crippen LogP contribution in [0.5, 0.6) is 0 Å². The van der Waals surface area contributed by atoms with E-state index in [4.69, 9.17) is 4.74 Å². The van der Waals surface area contributed by atoms with Crippen LogP contribution in [0.2, 0.25) is 0 Å². The lowest BCUT2D eigenvalue weighted by Gasteiger charge is -2.21. The lowest BCUT2D eigenvalue weighted by molar-refractivity contribution is -0.143. The summed E-state index contributed by atoms with van der Waals surface area (Å²) in [6.07, 6.45) is 2.17. The van der Waals surface area contributed by atoms with Crippen LogP contribution < -0.4 is 5.32 Å². The Kier molecular flexibility index (Phi) is 3.57. The third kappa shape index (κ3) is 2.25. The van der Waals surface area contributed by atoms with Gasteiger partial charge in [0.05, 0.1) is 13.0 Å². The number of carbonyl (C=O) groups is 1. The molecule has 0 saturated carbocycles. The Bertz CT molecular complexity index is 344. The number of benzene rings is 1. The number of ether oxygens (including phenoxy) is 1. The average Bonchev–Trinajstić information content (AvgIpc) is 2.84. The van der Waals surface area contributed by atoms with Gasteiger partial charge in [-0.1, -0.05) is 30.3 Å². The SMILES string of the molecule is COC(=O)[C@@H](c1ccccc1)[C@H]1CCCN1. The normalized spacial score (nSPS) is 21.7. The minimum absolute atomic E-state index is 0.148. The molecule has 1 aliphatic heterocycles. The van der Waals surface area contributed by atoms with Crippen LogP contribution in [0, 0.1) is 0 Å². The second kappa shape index (κ2) is 5.12. The summed E-state index contributed by atoms with van der Waals surface area (Å²) in [5, 5.41) is 3.37. The van der Waals surface area contributed by atoms with Crippen molar-refractivity contribution >= 4 is 5.97 Å². The molecule has 3 nitrogen and oxygen atoms in total. The number of hydrogen-bond acceptors (Lipinski definition) is 3. The number of methoxy groups -OCH3 is 1. The van der Waals surface area contributed by atoms with Crippen molar-refractivity contribution in [3.05, 3.63) is 35.9 Å². The van der Waals surface area contributed by atoms with E-state index in [2.05, 4.69) is 5.32 Å². The standard InChI is InChI=1S/C13H17NO2/c1-16-13(15)12(11-8-5-9-14-11)10-6-3-2-4-7-10/h2-4,6-7,11-12,14H,5,8-9H2,1H3/t11-,12+/m1/s1. The van der Waals surface area contributed by atoms with E-state index in [1.165, 1.54) is 7.11 Å². The highest BCUT2D eigenvalue weighted by atomic mass is 16.5. The number of hydrogen-bond donors (Lipinski definition) is 1. The Morgan fingerprint density at radius 2 is 2.19 bits per heavy atom. The fraction of sp³-hybridized carbons (Fsp3) is 0.462. The van der Waals surface area contributed by atoms with Crippen molar-refractivity contribution in [1.29, 1.82) is 0 Å². The van der Waals surface area contributed by atoms with Gasteiger partial charge in [0, 0.05) is 6.04 Å². The quantitative estimate of drug-likeness (QED) is 0.786. The van der Waals surface area contributed by atoms with Gasteiger partial charge in [0.2, 0.25) is 0 Å². The van der Waals surface area contributed by atoms with Crippen molar-refractivity contribution in [2.45, 2.75) is 24.8 Å². The van der Waals surface area contributed by atoms with Crippen molar-refractivity contribution in [3.63, 3.8) is 0 Å². The van der Waals surface area contributed by atoms with Crippen LogP contribution in [0.15, 0.2) is 30.3 Å². The Balaban J connectivity index is 2.24. The van der Waals surface area contributed by atoms with Gasteiger partial charge < -0.3 is 10.1 Å². The predicted molar refractivity (Wildman–Crippen MR) is 62.2 cm³/mol. The highest BCUT2D eigenvalue weighted by molar-refractivity contribution is 5.79. The first-order valence-electron chi connectivity index (χ1n) is 5.69. The molecule has 1 fully saturated rings. The minimum atomic E-state index is -0.173. The summed E-state index contributed by atoms with van der Waals surface area (Å²) in [4.78, 5) is 11.8. The number of nitrogens with one attached hydrogen (secondary N) is 1. The molecule has 0 unspecified atom stereocenters. The van der Waals surface area contributed by atoms with Crippen molar-refractivity contribution in [2.24, 2.45) is 0 Å². The summed E-state index contributed by atoms with van der Waals surface area (Å²) in [7, 11) is 1.45. The van der Waals surface area contributed by atoms with Crippen LogP contribution in [0.3, 0.4) is 0 Å². The van der Waals surface area contributed by atoms with Gasteiger partial charge in [-0.05, 0) is 24.9 Å². The molecule has 0 bridgehead atoms. The maximum atomic E-state index is 11.8. The van der Waals surface area contributed by atoms with Crippen LogP contribution >= 0.6 is 0 Å². The fourth-order valence-corrected chi connectivity index (χ4v) is 2.32. The molecular weight excluding hydrogens is 202 g/mol. The maximum absolute atomic E-state index is 11.8. The number of esters is 1. The second-order valence-corrected chi connectivity index (χ2v) is 4.11. The van der Waals surface area contributed by atoms with E-state index in [-0.39, 0.29) is 17.9 Å². The number of rotatable bonds is 3. The summed E-state index contributed by atoms with van der Waals surface area (Å²) in [5.74, 6) is -0.320. The van der Waals surface area contributed by atoms with Gasteiger partial charge in [-0.3, -0.25) is 4.79 Å². The lowest BCUT2D eigenvalue weighted by Crippen LogP contribution is -2.34. The monoisotopic (exact) mass is 219 g/mol. The fourth-order valence-electron chi connectivity index (χ4n) is 2.32. The molecule has 2 rings (SSSR count). The predicted octanol–water partition coefficient (Wildman–Crippen LogP) is 1.70. The zero-order chi connectivity index (χ0) is 11.4. The summed E-state index contributed by atoms with van der Waals surface area (Å²) < 4.78 is 4.90. The van der Waals surface area contributed by atoms with E-state index < -0.39 is 0 Å². The molecule has 1 N–H and O–H groups in total. The van der Waals surface area contributed by atoms with Gasteiger partial charge >= 0.3 is 5.97 Å². The maximum Gasteiger partial charge on any atom is 0.314 e. The van der Waals surface area contributed by atoms with Crippen molar-refractivity contribution in [1.82, 2.24) is 5.32 Å². The first-order chi connectivity index (χ1) is 7.83. The van der Waals surface area contributed by atoms with E-state index in [9.17, 15) is 4.79 Å². The van der Waals surface area contributed by atoms with E-state index in [1.807, 2.05) is 30.3 Å². The third-order valence-electron chi connectivity index (χ3n) is 3.11. The molecule has 2 atom stereocenters. The number of carbonyl (C=O) groups excluding carboxylic acids is 1. The first kappa shape index (κ1) is 11.1. The summed E-state index contributed by atoms with van der Waals surface area (Å²) in [6, 6.07) is 10.1. The highest BCUT2D eigenvalue weighted by Crippen LogP contribution is 2.26. The molecular formula is C13H17NO2. The molecule has 86 valence electrons. The smallest absolute Gasteiger partial charge is 0.314 e. The molecule has 1 aromatic rings. The zero-order valence-electron chi connectivity index (χ0n) is 9.48. The Labute approximate surface area is 95.8 Å². The van der Waals surface area contributed by atoms with Crippen LogP contribution in [-0.4, -0.2) is 25.7 Å². The topological polar surface area (TPSA) is 38.3 Å². The Morgan fingerprint density at radius 3 is 2.75 bits per heavy atom. The molecule has 16 heavy (non-hydrogen) atoms. The largest absolute Gasteiger partial charge is 0.469 e. The summed E-state index contributed by atoms with van der Waals surface area (Å²) in [5.41, 5.74) is 1.04. The van der Waals surface area contributed by atoms with Crippen molar-refractivity contribution in [2.75, 3.05) is 13.7 Å². The van der Waals surface area contributed by atoms with Crippen LogP contribution in [0.4, 0.5) is 0 Å². The van der Waals surface area contributed by atoms with E-state index in [1.54, 1.807) is 0 Å². The van der Waals surface area contributed by atoms with E-state index >= 15 is 0 Å². The van der Waals surface area contributed by atoms with Crippen molar-refractivity contribution < 1.29 is 9.53 Å². The van der Waals surface area contributed by atoms with Crippen LogP contribution in [-0.2, 0) is 9.53 Å². The van der Waals surface area contributed by atoms with E-state index in [0.717, 1.165) is 24.9 Å². The van der Waals surface area contributed by atoms with E-state index in [0.29, 0.717) is 0 Å². The third-order valence-corrected chi connectivity index (χ3v) is 3.11. The molecule has 1 aliphatic rings. The molecule has 0 aromatic heterocycles. The van der Waals surface area contributed by atoms with Gasteiger partial charge in [0.1, 0.15) is 0 Å². The molecule has 0 spiro atoms.